The van der Waals surface area contributed by atoms with Crippen LogP contribution in [0.4, 0.5) is 5.69 Å². The molecule has 1 fully saturated rings. The zero-order valence-corrected chi connectivity index (χ0v) is 11.1. The number of aliphatic hydroxyl groups excluding tert-OH is 1. The quantitative estimate of drug-likeness (QED) is 0.795. The molecule has 0 bridgehead atoms. The molecule has 1 aliphatic rings. The molecular weight excluding hydrogens is 275 g/mol. The van der Waals surface area contributed by atoms with Crippen molar-refractivity contribution >= 4 is 34.8 Å². The summed E-state index contributed by atoms with van der Waals surface area (Å²) < 4.78 is 0. The molecule has 98 valence electrons. The van der Waals surface area contributed by atoms with Crippen LogP contribution in [0.5, 0.6) is 0 Å². The number of hydrogen-bond acceptors (Lipinski definition) is 3. The van der Waals surface area contributed by atoms with Crippen molar-refractivity contribution in [3.05, 3.63) is 28.2 Å². The Bertz CT molecular complexity index is 427. The molecule has 1 amide bonds. The van der Waals surface area contributed by atoms with E-state index in [0.29, 0.717) is 28.6 Å². The number of anilines is 1. The van der Waals surface area contributed by atoms with Gasteiger partial charge in [-0.3, -0.25) is 4.79 Å². The summed E-state index contributed by atoms with van der Waals surface area (Å²) in [6.45, 7) is 0.180. The first kappa shape index (κ1) is 13.6. The van der Waals surface area contributed by atoms with Crippen LogP contribution in [0.15, 0.2) is 18.2 Å². The fourth-order valence-electron chi connectivity index (χ4n) is 1.79. The summed E-state index contributed by atoms with van der Waals surface area (Å²) in [6.07, 6.45) is 1.16. The first-order valence-corrected chi connectivity index (χ1v) is 6.47. The summed E-state index contributed by atoms with van der Waals surface area (Å²) in [7, 11) is 0. The van der Waals surface area contributed by atoms with Crippen molar-refractivity contribution < 1.29 is 9.90 Å². The summed E-state index contributed by atoms with van der Waals surface area (Å²) in [5, 5.41) is 15.7. The first-order valence-electron chi connectivity index (χ1n) is 5.71. The van der Waals surface area contributed by atoms with Gasteiger partial charge in [0.1, 0.15) is 0 Å². The number of hydrogen-bond donors (Lipinski definition) is 3. The summed E-state index contributed by atoms with van der Waals surface area (Å²) in [5.74, 6) is -0.202. The van der Waals surface area contributed by atoms with E-state index in [9.17, 15) is 4.79 Å². The van der Waals surface area contributed by atoms with E-state index in [1.54, 1.807) is 18.2 Å². The van der Waals surface area contributed by atoms with Crippen LogP contribution < -0.4 is 10.6 Å². The fourth-order valence-corrected chi connectivity index (χ4v) is 2.28. The molecule has 0 atom stereocenters. The van der Waals surface area contributed by atoms with Crippen LogP contribution in [0.3, 0.4) is 0 Å². The lowest BCUT2D eigenvalue weighted by molar-refractivity contribution is -0.115. The summed E-state index contributed by atoms with van der Waals surface area (Å²) in [4.78, 5) is 11.7. The van der Waals surface area contributed by atoms with Gasteiger partial charge in [0.2, 0.25) is 5.91 Å². The van der Waals surface area contributed by atoms with Crippen molar-refractivity contribution in [2.75, 3.05) is 11.9 Å². The highest BCUT2D eigenvalue weighted by atomic mass is 35.5. The molecule has 0 heterocycles. The second-order valence-corrected chi connectivity index (χ2v) is 5.16. The van der Waals surface area contributed by atoms with E-state index in [-0.39, 0.29) is 24.6 Å². The Balaban J connectivity index is 1.83. The number of rotatable bonds is 4. The van der Waals surface area contributed by atoms with E-state index in [4.69, 9.17) is 28.3 Å². The molecule has 0 spiro atoms. The highest BCUT2D eigenvalue weighted by Crippen LogP contribution is 2.29. The van der Waals surface area contributed by atoms with Gasteiger partial charge in [0.05, 0.1) is 28.4 Å². The molecule has 4 nitrogen and oxygen atoms in total. The van der Waals surface area contributed by atoms with Crippen LogP contribution in [0.25, 0.3) is 0 Å². The van der Waals surface area contributed by atoms with Crippen LogP contribution in [-0.2, 0) is 4.79 Å². The van der Waals surface area contributed by atoms with Crippen molar-refractivity contribution in [2.45, 2.75) is 25.0 Å². The summed E-state index contributed by atoms with van der Waals surface area (Å²) in [6, 6.07) is 5.26. The summed E-state index contributed by atoms with van der Waals surface area (Å²) in [5.41, 5.74) is 0.432. The van der Waals surface area contributed by atoms with E-state index < -0.39 is 0 Å². The van der Waals surface area contributed by atoms with Crippen LogP contribution >= 0.6 is 23.2 Å². The number of carbonyl (C=O) groups excluding carboxylic acids is 1. The molecule has 1 saturated carbocycles. The summed E-state index contributed by atoms with van der Waals surface area (Å²) >= 11 is 11.9. The third kappa shape index (κ3) is 3.36. The number of para-hydroxylation sites is 1. The lowest BCUT2D eigenvalue weighted by Crippen LogP contribution is -2.46. The largest absolute Gasteiger partial charge is 0.393 e. The van der Waals surface area contributed by atoms with Gasteiger partial charge in [-0.25, -0.2) is 0 Å². The second-order valence-electron chi connectivity index (χ2n) is 4.35. The number of aliphatic hydroxyl groups is 1. The van der Waals surface area contributed by atoms with Crippen molar-refractivity contribution in [1.29, 1.82) is 0 Å². The molecule has 0 saturated heterocycles. The van der Waals surface area contributed by atoms with Crippen molar-refractivity contribution in [3.8, 4) is 0 Å². The average Bonchev–Trinajstić information content (AvgIpc) is 2.28. The smallest absolute Gasteiger partial charge is 0.238 e. The van der Waals surface area contributed by atoms with Gasteiger partial charge in [0.25, 0.3) is 0 Å². The van der Waals surface area contributed by atoms with Gasteiger partial charge in [-0.05, 0) is 25.0 Å². The molecule has 0 unspecified atom stereocenters. The van der Waals surface area contributed by atoms with Gasteiger partial charge < -0.3 is 15.7 Å². The van der Waals surface area contributed by atoms with Crippen LogP contribution in [-0.4, -0.2) is 29.7 Å². The zero-order valence-electron chi connectivity index (χ0n) is 9.62. The SMILES string of the molecule is O=C(CNC1CC(O)C1)Nc1c(Cl)cccc1Cl. The van der Waals surface area contributed by atoms with Crippen molar-refractivity contribution in [1.82, 2.24) is 5.32 Å². The highest BCUT2D eigenvalue weighted by Gasteiger charge is 2.26. The average molecular weight is 289 g/mol. The molecule has 2 rings (SSSR count). The number of benzene rings is 1. The van der Waals surface area contributed by atoms with Gasteiger partial charge in [-0.2, -0.15) is 0 Å². The monoisotopic (exact) mass is 288 g/mol. The molecule has 1 aliphatic carbocycles. The predicted molar refractivity (Wildman–Crippen MR) is 72.1 cm³/mol. The Hall–Kier alpha value is -0.810. The molecular formula is C12H14Cl2N2O2. The van der Waals surface area contributed by atoms with Gasteiger partial charge in [-0.15, -0.1) is 0 Å². The maximum absolute atomic E-state index is 11.7. The van der Waals surface area contributed by atoms with E-state index in [0.717, 1.165) is 0 Å². The van der Waals surface area contributed by atoms with Gasteiger partial charge >= 0.3 is 0 Å². The van der Waals surface area contributed by atoms with Gasteiger partial charge in [0.15, 0.2) is 0 Å². The molecule has 1 aromatic rings. The Kier molecular flexibility index (Phi) is 4.45. The van der Waals surface area contributed by atoms with Crippen molar-refractivity contribution in [3.63, 3.8) is 0 Å². The Labute approximate surface area is 115 Å². The van der Waals surface area contributed by atoms with Gasteiger partial charge in [-0.1, -0.05) is 29.3 Å². The minimum atomic E-state index is -0.233. The van der Waals surface area contributed by atoms with Gasteiger partial charge in [0, 0.05) is 6.04 Å². The number of halogens is 2. The predicted octanol–water partition coefficient (Wildman–Crippen LogP) is 2.04. The minimum Gasteiger partial charge on any atom is -0.393 e. The Morgan fingerprint density at radius 2 is 1.94 bits per heavy atom. The molecule has 1 aromatic carbocycles. The molecule has 3 N–H and O–H groups in total. The van der Waals surface area contributed by atoms with Crippen LogP contribution in [0.2, 0.25) is 10.0 Å². The van der Waals surface area contributed by atoms with E-state index in [2.05, 4.69) is 10.6 Å². The third-order valence-corrected chi connectivity index (χ3v) is 3.52. The van der Waals surface area contributed by atoms with Crippen molar-refractivity contribution in [2.24, 2.45) is 0 Å². The Morgan fingerprint density at radius 3 is 2.50 bits per heavy atom. The highest BCUT2D eigenvalue weighted by molar-refractivity contribution is 6.39. The number of nitrogens with one attached hydrogen (secondary N) is 2. The maximum Gasteiger partial charge on any atom is 0.238 e. The topological polar surface area (TPSA) is 61.4 Å². The maximum atomic E-state index is 11.7. The lowest BCUT2D eigenvalue weighted by Gasteiger charge is -2.31. The molecule has 0 aromatic heterocycles. The standard InChI is InChI=1S/C12H14Cl2N2O2/c13-9-2-1-3-10(14)12(9)16-11(18)6-15-7-4-8(17)5-7/h1-3,7-8,15,17H,4-6H2,(H,16,18). The Morgan fingerprint density at radius 1 is 1.33 bits per heavy atom. The second kappa shape index (κ2) is 5.89. The van der Waals surface area contributed by atoms with Crippen LogP contribution in [0, 0.1) is 0 Å². The first-order chi connectivity index (χ1) is 8.56. The normalized spacial score (nSPS) is 22.4. The molecule has 0 aliphatic heterocycles. The fraction of sp³-hybridized carbons (Fsp3) is 0.417. The number of amides is 1. The molecule has 6 heteroatoms. The minimum absolute atomic E-state index is 0.180. The molecule has 0 radical (unpaired) electrons. The van der Waals surface area contributed by atoms with Crippen LogP contribution in [0.1, 0.15) is 12.8 Å². The lowest BCUT2D eigenvalue weighted by atomic mass is 9.89. The zero-order chi connectivity index (χ0) is 13.1. The van der Waals surface area contributed by atoms with E-state index >= 15 is 0 Å². The number of carbonyl (C=O) groups is 1. The third-order valence-electron chi connectivity index (χ3n) is 2.89. The molecule has 18 heavy (non-hydrogen) atoms. The van der Waals surface area contributed by atoms with E-state index in [1.165, 1.54) is 0 Å². The van der Waals surface area contributed by atoms with E-state index in [1.807, 2.05) is 0 Å².